The van der Waals surface area contributed by atoms with Crippen LogP contribution >= 0.6 is 0 Å². The molecule has 0 aliphatic heterocycles. The molecule has 0 bridgehead atoms. The molecule has 0 amide bonds. The van der Waals surface area contributed by atoms with Crippen LogP contribution in [0.1, 0.15) is 37.6 Å². The number of carbonyl (C=O) groups excluding carboxylic acids is 1. The lowest BCUT2D eigenvalue weighted by molar-refractivity contribution is 0.0988. The Bertz CT molecular complexity index is 441. The Labute approximate surface area is 84.8 Å². The molecule has 0 unspecified atom stereocenters. The van der Waals surface area contributed by atoms with Crippen molar-refractivity contribution in [3.63, 3.8) is 0 Å². The van der Waals surface area contributed by atoms with E-state index in [0.29, 0.717) is 6.42 Å². The van der Waals surface area contributed by atoms with E-state index in [4.69, 9.17) is 0 Å². The number of hydrogen-bond acceptors (Lipinski definition) is 1. The number of Topliss-reactive ketones (excluding diaryl/α,β-unsaturated/α-hetero) is 1. The molecule has 1 nitrogen and oxygen atoms in total. The zero-order valence-electron chi connectivity index (χ0n) is 9.00. The Morgan fingerprint density at radius 2 is 1.86 bits per heavy atom. The molecule has 1 aromatic rings. The highest BCUT2D eigenvalue weighted by Gasteiger charge is 2.01. The summed E-state index contributed by atoms with van der Waals surface area (Å²) in [6.07, 6.45) is 4.65. The molecule has 0 heterocycles. The number of carbonyl (C=O) groups is 1. The quantitative estimate of drug-likeness (QED) is 0.648. The van der Waals surface area contributed by atoms with Gasteiger partial charge in [-0.1, -0.05) is 31.2 Å². The van der Waals surface area contributed by atoms with Crippen LogP contribution in [0.5, 0.6) is 0 Å². The maximum atomic E-state index is 11.5. The summed E-state index contributed by atoms with van der Waals surface area (Å²) in [6, 6.07) is 5.85. The van der Waals surface area contributed by atoms with Gasteiger partial charge in [-0.15, -0.1) is 0 Å². The van der Waals surface area contributed by atoms with Crippen LogP contribution in [0.25, 0.3) is 12.2 Å². The van der Waals surface area contributed by atoms with E-state index in [2.05, 4.69) is 6.08 Å². The molecule has 74 valence electrons. The third kappa shape index (κ3) is 2.11. The maximum absolute atomic E-state index is 11.5. The minimum atomic E-state index is 0.204. The van der Waals surface area contributed by atoms with Crippen molar-refractivity contribution in [2.45, 2.75) is 27.2 Å². The average Bonchev–Trinajstić information content (AvgIpc) is 2.26. The van der Waals surface area contributed by atoms with Crippen molar-refractivity contribution in [1.29, 1.82) is 0 Å². The largest absolute Gasteiger partial charge is 0.294 e. The first kappa shape index (κ1) is 10.7. The van der Waals surface area contributed by atoms with Crippen LogP contribution in [0.3, 0.4) is 0 Å². The van der Waals surface area contributed by atoms with Crippen molar-refractivity contribution in [1.82, 2.24) is 0 Å². The molecule has 0 atom stereocenters. The van der Waals surface area contributed by atoms with Crippen molar-refractivity contribution >= 4 is 17.9 Å². The lowest BCUT2D eigenvalue weighted by Crippen LogP contribution is -2.24. The molecular formula is C13H16O. The molecule has 0 aliphatic rings. The number of ketones is 1. The maximum Gasteiger partial charge on any atom is 0.162 e. The van der Waals surface area contributed by atoms with E-state index >= 15 is 0 Å². The van der Waals surface area contributed by atoms with Crippen molar-refractivity contribution in [2.75, 3.05) is 0 Å². The van der Waals surface area contributed by atoms with Crippen LogP contribution < -0.4 is 10.4 Å². The van der Waals surface area contributed by atoms with Crippen molar-refractivity contribution in [3.05, 3.63) is 34.2 Å². The molecule has 1 aromatic carbocycles. The van der Waals surface area contributed by atoms with Gasteiger partial charge in [-0.2, -0.15) is 0 Å². The Kier molecular flexibility index (Phi) is 3.63. The molecule has 0 aliphatic carbocycles. The van der Waals surface area contributed by atoms with Crippen LogP contribution in [0.4, 0.5) is 0 Å². The Morgan fingerprint density at radius 1 is 1.21 bits per heavy atom. The topological polar surface area (TPSA) is 17.1 Å². The third-order valence-corrected chi connectivity index (χ3v) is 2.35. The fourth-order valence-electron chi connectivity index (χ4n) is 1.47. The summed E-state index contributed by atoms with van der Waals surface area (Å²) in [7, 11) is 0. The Morgan fingerprint density at radius 3 is 2.36 bits per heavy atom. The van der Waals surface area contributed by atoms with Crippen LogP contribution in [0.15, 0.2) is 18.2 Å². The monoisotopic (exact) mass is 188 g/mol. The van der Waals surface area contributed by atoms with Gasteiger partial charge in [0.1, 0.15) is 0 Å². The lowest BCUT2D eigenvalue weighted by atomic mass is 10.1. The smallest absolute Gasteiger partial charge is 0.162 e. The molecule has 0 saturated carbocycles. The fraction of sp³-hybridized carbons (Fsp3) is 0.308. The van der Waals surface area contributed by atoms with E-state index in [1.807, 2.05) is 45.0 Å². The van der Waals surface area contributed by atoms with E-state index in [1.54, 1.807) is 0 Å². The van der Waals surface area contributed by atoms with E-state index in [-0.39, 0.29) is 5.78 Å². The van der Waals surface area contributed by atoms with Crippen LogP contribution in [0.2, 0.25) is 0 Å². The van der Waals surface area contributed by atoms with Gasteiger partial charge in [-0.3, -0.25) is 4.79 Å². The summed E-state index contributed by atoms with van der Waals surface area (Å²) in [4.78, 5) is 11.5. The summed E-state index contributed by atoms with van der Waals surface area (Å²) in [5.74, 6) is 0.204. The van der Waals surface area contributed by atoms with Crippen molar-refractivity contribution in [3.8, 4) is 0 Å². The molecule has 0 spiro atoms. The van der Waals surface area contributed by atoms with Gasteiger partial charge in [-0.05, 0) is 30.4 Å². The molecule has 1 heteroatoms. The lowest BCUT2D eigenvalue weighted by Gasteiger charge is -1.97. The molecule has 1 rings (SSSR count). The van der Waals surface area contributed by atoms with Crippen LogP contribution in [-0.2, 0) is 0 Å². The minimum absolute atomic E-state index is 0.204. The van der Waals surface area contributed by atoms with Crippen molar-refractivity contribution in [2.24, 2.45) is 0 Å². The molecule has 14 heavy (non-hydrogen) atoms. The highest BCUT2D eigenvalue weighted by atomic mass is 16.1. The molecule has 0 N–H and O–H groups in total. The van der Waals surface area contributed by atoms with E-state index < -0.39 is 0 Å². The fourth-order valence-corrected chi connectivity index (χ4v) is 1.47. The van der Waals surface area contributed by atoms with Crippen LogP contribution in [0, 0.1) is 0 Å². The van der Waals surface area contributed by atoms with Gasteiger partial charge in [0.15, 0.2) is 5.78 Å². The number of rotatable bonds is 2. The Hall–Kier alpha value is -1.37. The summed E-state index contributed by atoms with van der Waals surface area (Å²) in [5.41, 5.74) is 0.811. The SMILES string of the molecule is C/C=c1/ccc(C(=O)CC)c/c1=C/C. The number of benzene rings is 1. The number of hydrogen-bond donors (Lipinski definition) is 0. The highest BCUT2D eigenvalue weighted by Crippen LogP contribution is 1.97. The molecular weight excluding hydrogens is 172 g/mol. The summed E-state index contributed by atoms with van der Waals surface area (Å²) in [5, 5.41) is 2.31. The second-order valence-corrected chi connectivity index (χ2v) is 3.20. The highest BCUT2D eigenvalue weighted by molar-refractivity contribution is 5.95. The molecule has 0 fully saturated rings. The normalized spacial score (nSPS) is 13.4. The first-order chi connectivity index (χ1) is 6.72. The van der Waals surface area contributed by atoms with E-state index in [0.717, 1.165) is 10.8 Å². The molecule has 0 saturated heterocycles. The van der Waals surface area contributed by atoms with Gasteiger partial charge >= 0.3 is 0 Å². The predicted octanol–water partition coefficient (Wildman–Crippen LogP) is 1.88. The van der Waals surface area contributed by atoms with E-state index in [1.165, 1.54) is 5.22 Å². The van der Waals surface area contributed by atoms with Crippen molar-refractivity contribution < 1.29 is 4.79 Å². The average molecular weight is 188 g/mol. The van der Waals surface area contributed by atoms with Gasteiger partial charge in [0, 0.05) is 12.0 Å². The third-order valence-electron chi connectivity index (χ3n) is 2.35. The summed E-state index contributed by atoms with van der Waals surface area (Å²) >= 11 is 0. The second kappa shape index (κ2) is 4.75. The first-order valence-corrected chi connectivity index (χ1v) is 4.98. The zero-order chi connectivity index (χ0) is 10.6. The molecule has 0 radical (unpaired) electrons. The second-order valence-electron chi connectivity index (χ2n) is 3.20. The van der Waals surface area contributed by atoms with Gasteiger partial charge in [0.05, 0.1) is 0 Å². The van der Waals surface area contributed by atoms with Gasteiger partial charge in [-0.25, -0.2) is 0 Å². The van der Waals surface area contributed by atoms with Gasteiger partial charge in [0.2, 0.25) is 0 Å². The summed E-state index contributed by atoms with van der Waals surface area (Å²) < 4.78 is 0. The van der Waals surface area contributed by atoms with Crippen LogP contribution in [-0.4, -0.2) is 5.78 Å². The zero-order valence-corrected chi connectivity index (χ0v) is 9.00. The Balaban J connectivity index is 3.37. The summed E-state index contributed by atoms with van der Waals surface area (Å²) in [6.45, 7) is 5.88. The van der Waals surface area contributed by atoms with Gasteiger partial charge < -0.3 is 0 Å². The molecule has 0 aromatic heterocycles. The van der Waals surface area contributed by atoms with Gasteiger partial charge in [0.25, 0.3) is 0 Å². The predicted molar refractivity (Wildman–Crippen MR) is 60.6 cm³/mol. The first-order valence-electron chi connectivity index (χ1n) is 4.98. The standard InChI is InChI=1S/C13H16O/c1-4-10-7-8-12(13(14)6-3)9-11(10)5-2/h4-5,7-9H,6H2,1-3H3/b10-4-,11-5-. The minimum Gasteiger partial charge on any atom is -0.294 e. The van der Waals surface area contributed by atoms with E-state index in [9.17, 15) is 4.79 Å².